The first-order valence-corrected chi connectivity index (χ1v) is 9.75. The fraction of sp³-hybridized carbons (Fsp3) is 0.727. The number of ether oxygens (including phenoxy) is 2. The molecule has 0 aromatic heterocycles. The van der Waals surface area contributed by atoms with Gasteiger partial charge in [-0.3, -0.25) is 0 Å². The molecule has 0 spiro atoms. The van der Waals surface area contributed by atoms with E-state index in [0.29, 0.717) is 5.75 Å². The summed E-state index contributed by atoms with van der Waals surface area (Å²) in [5, 5.41) is 22.6. The molecule has 4 heteroatoms. The van der Waals surface area contributed by atoms with Crippen molar-refractivity contribution in [3.8, 4) is 11.5 Å². The van der Waals surface area contributed by atoms with Crippen molar-refractivity contribution < 1.29 is 19.7 Å². The number of phenolic OH excluding ortho intramolecular Hbond substituents is 1. The zero-order valence-electron chi connectivity index (χ0n) is 17.2. The predicted molar refractivity (Wildman–Crippen MR) is 103 cm³/mol. The quantitative estimate of drug-likeness (QED) is 0.820. The van der Waals surface area contributed by atoms with Crippen LogP contribution in [0.1, 0.15) is 82.6 Å². The zero-order chi connectivity index (χ0) is 19.4. The maximum absolute atomic E-state index is 11.3. The summed E-state index contributed by atoms with van der Waals surface area (Å²) in [7, 11) is 3.26. The molecule has 146 valence electrons. The van der Waals surface area contributed by atoms with Gasteiger partial charge in [0.2, 0.25) is 0 Å². The minimum Gasteiger partial charge on any atom is -0.504 e. The number of phenols is 1. The van der Waals surface area contributed by atoms with Crippen molar-refractivity contribution in [1.82, 2.24) is 0 Å². The molecule has 0 amide bonds. The number of aliphatic hydroxyl groups is 1. The number of rotatable bonds is 3. The van der Waals surface area contributed by atoms with Crippen LogP contribution in [0.25, 0.3) is 0 Å². The summed E-state index contributed by atoms with van der Waals surface area (Å²) in [4.78, 5) is 0. The second-order valence-electron chi connectivity index (χ2n) is 9.35. The second-order valence-corrected chi connectivity index (χ2v) is 9.35. The highest BCUT2D eigenvalue weighted by Gasteiger charge is 2.58. The van der Waals surface area contributed by atoms with E-state index in [0.717, 1.165) is 36.0 Å². The molecule has 4 nitrogen and oxygen atoms in total. The molecule has 1 fully saturated rings. The van der Waals surface area contributed by atoms with Gasteiger partial charge in [0.1, 0.15) is 6.10 Å². The van der Waals surface area contributed by atoms with E-state index in [1.54, 1.807) is 14.2 Å². The van der Waals surface area contributed by atoms with Crippen molar-refractivity contribution in [3.05, 3.63) is 22.8 Å². The van der Waals surface area contributed by atoms with Gasteiger partial charge in [0, 0.05) is 29.6 Å². The number of fused-ring (bicyclic) bond motifs is 3. The number of aromatic hydroxyl groups is 1. The smallest absolute Gasteiger partial charge is 0.164 e. The van der Waals surface area contributed by atoms with Crippen molar-refractivity contribution >= 4 is 0 Å². The summed E-state index contributed by atoms with van der Waals surface area (Å²) in [6.07, 6.45) is 2.06. The van der Waals surface area contributed by atoms with Crippen LogP contribution in [0, 0.1) is 11.3 Å². The summed E-state index contributed by atoms with van der Waals surface area (Å²) in [6, 6.07) is 2.08. The van der Waals surface area contributed by atoms with Crippen molar-refractivity contribution in [2.24, 2.45) is 11.3 Å². The van der Waals surface area contributed by atoms with E-state index in [4.69, 9.17) is 9.47 Å². The van der Waals surface area contributed by atoms with Crippen molar-refractivity contribution in [3.63, 3.8) is 0 Å². The summed E-state index contributed by atoms with van der Waals surface area (Å²) in [6.45, 7) is 10.8. The summed E-state index contributed by atoms with van der Waals surface area (Å²) < 4.78 is 11.4. The summed E-state index contributed by atoms with van der Waals surface area (Å²) in [5.41, 5.74) is 2.44. The molecule has 1 aromatic carbocycles. The van der Waals surface area contributed by atoms with Crippen LogP contribution in [-0.2, 0) is 10.2 Å². The molecule has 0 heterocycles. The molecule has 0 bridgehead atoms. The number of methoxy groups -OCH3 is 2. The molecule has 0 radical (unpaired) electrons. The Morgan fingerprint density at radius 2 is 1.81 bits per heavy atom. The molecule has 0 aliphatic heterocycles. The SMILES string of the molecule is COc1c(C(C)C)cc2c(c1O)C1(C)CCCC(C)(C)C1C(O)C2OC. The van der Waals surface area contributed by atoms with Crippen molar-refractivity contribution in [2.45, 2.75) is 77.4 Å². The number of hydrogen-bond acceptors (Lipinski definition) is 4. The van der Waals surface area contributed by atoms with Crippen LogP contribution < -0.4 is 4.74 Å². The first-order chi connectivity index (χ1) is 12.1. The monoisotopic (exact) mass is 362 g/mol. The minimum absolute atomic E-state index is 0.0155. The molecule has 1 saturated carbocycles. The van der Waals surface area contributed by atoms with E-state index in [9.17, 15) is 10.2 Å². The Hall–Kier alpha value is -1.26. The van der Waals surface area contributed by atoms with Gasteiger partial charge in [-0.2, -0.15) is 0 Å². The predicted octanol–water partition coefficient (Wildman–Crippen LogP) is 4.67. The standard InChI is InChI=1S/C22H34O4/c1-12(2)13-11-14-15(16(23)18(13)25-6)22(5)10-8-9-21(3,4)20(22)17(24)19(14)26-7/h11-12,17,19-20,23-24H,8-10H2,1-7H3. The molecular weight excluding hydrogens is 328 g/mol. The molecule has 1 aromatic rings. The summed E-state index contributed by atoms with van der Waals surface area (Å²) in [5.74, 6) is 1.01. The topological polar surface area (TPSA) is 58.9 Å². The number of aliphatic hydroxyl groups excluding tert-OH is 1. The van der Waals surface area contributed by atoms with Crippen LogP contribution in [0.4, 0.5) is 0 Å². The lowest BCUT2D eigenvalue weighted by Gasteiger charge is -2.57. The van der Waals surface area contributed by atoms with Crippen LogP contribution in [0.15, 0.2) is 6.07 Å². The van der Waals surface area contributed by atoms with Gasteiger partial charge in [0.15, 0.2) is 11.5 Å². The average Bonchev–Trinajstić information content (AvgIpc) is 2.53. The normalized spacial score (nSPS) is 32.9. The molecule has 2 N–H and O–H groups in total. The third-order valence-electron chi connectivity index (χ3n) is 6.97. The third-order valence-corrected chi connectivity index (χ3v) is 6.97. The van der Waals surface area contributed by atoms with Gasteiger partial charge in [-0.25, -0.2) is 0 Å². The van der Waals surface area contributed by atoms with Gasteiger partial charge < -0.3 is 19.7 Å². The fourth-order valence-corrected chi connectivity index (χ4v) is 5.99. The first kappa shape index (κ1) is 19.5. The Balaban J connectivity index is 2.35. The van der Waals surface area contributed by atoms with Crippen molar-refractivity contribution in [1.29, 1.82) is 0 Å². The lowest BCUT2D eigenvalue weighted by Crippen LogP contribution is -2.56. The van der Waals surface area contributed by atoms with E-state index < -0.39 is 12.2 Å². The van der Waals surface area contributed by atoms with Gasteiger partial charge in [-0.05, 0) is 35.8 Å². The zero-order valence-corrected chi connectivity index (χ0v) is 17.2. The van der Waals surface area contributed by atoms with E-state index in [1.807, 2.05) is 0 Å². The lowest BCUT2D eigenvalue weighted by molar-refractivity contribution is -0.125. The second kappa shape index (κ2) is 6.42. The molecule has 2 aliphatic carbocycles. The van der Waals surface area contributed by atoms with E-state index in [1.165, 1.54) is 0 Å². The van der Waals surface area contributed by atoms with Gasteiger partial charge in [-0.15, -0.1) is 0 Å². The van der Waals surface area contributed by atoms with Crippen LogP contribution >= 0.6 is 0 Å². The Morgan fingerprint density at radius 3 is 2.35 bits per heavy atom. The lowest BCUT2D eigenvalue weighted by atomic mass is 9.48. The number of hydrogen-bond donors (Lipinski definition) is 2. The molecular formula is C22H34O4. The molecule has 2 aliphatic rings. The van der Waals surface area contributed by atoms with E-state index >= 15 is 0 Å². The maximum atomic E-state index is 11.3. The van der Waals surface area contributed by atoms with E-state index in [2.05, 4.69) is 40.7 Å². The van der Waals surface area contributed by atoms with E-state index in [-0.39, 0.29) is 28.4 Å². The molecule has 26 heavy (non-hydrogen) atoms. The highest BCUT2D eigenvalue weighted by Crippen LogP contribution is 2.62. The fourth-order valence-electron chi connectivity index (χ4n) is 5.99. The average molecular weight is 363 g/mol. The highest BCUT2D eigenvalue weighted by atomic mass is 16.5. The molecule has 4 atom stereocenters. The molecule has 3 rings (SSSR count). The first-order valence-electron chi connectivity index (χ1n) is 9.75. The van der Waals surface area contributed by atoms with Gasteiger partial charge in [-0.1, -0.05) is 41.0 Å². The Morgan fingerprint density at radius 1 is 1.15 bits per heavy atom. The molecule has 4 unspecified atom stereocenters. The Bertz CT molecular complexity index is 694. The van der Waals surface area contributed by atoms with Gasteiger partial charge in [0.05, 0.1) is 13.2 Å². The Kier molecular flexibility index (Phi) is 4.81. The van der Waals surface area contributed by atoms with Crippen LogP contribution in [0.3, 0.4) is 0 Å². The van der Waals surface area contributed by atoms with Crippen molar-refractivity contribution in [2.75, 3.05) is 14.2 Å². The Labute approximate surface area is 157 Å². The minimum atomic E-state index is -0.597. The summed E-state index contributed by atoms with van der Waals surface area (Å²) >= 11 is 0. The highest BCUT2D eigenvalue weighted by molar-refractivity contribution is 5.61. The number of benzene rings is 1. The maximum Gasteiger partial charge on any atom is 0.164 e. The van der Waals surface area contributed by atoms with Crippen LogP contribution in [0.5, 0.6) is 11.5 Å². The van der Waals surface area contributed by atoms with Gasteiger partial charge in [0.25, 0.3) is 0 Å². The largest absolute Gasteiger partial charge is 0.504 e. The molecule has 0 saturated heterocycles. The van der Waals surface area contributed by atoms with Crippen LogP contribution in [-0.4, -0.2) is 30.5 Å². The van der Waals surface area contributed by atoms with Crippen LogP contribution in [0.2, 0.25) is 0 Å². The third kappa shape index (κ3) is 2.56. The van der Waals surface area contributed by atoms with Gasteiger partial charge >= 0.3 is 0 Å².